The molecule has 0 aliphatic carbocycles. The Hall–Kier alpha value is -1.36. The predicted molar refractivity (Wildman–Crippen MR) is 65.9 cm³/mol. The van der Waals surface area contributed by atoms with Crippen molar-refractivity contribution in [3.8, 4) is 0 Å². The van der Waals surface area contributed by atoms with Gasteiger partial charge in [-0.25, -0.2) is 0 Å². The molecule has 0 aliphatic rings. The average Bonchev–Trinajstić information content (AvgIpc) is 2.37. The Bertz CT molecular complexity index is 431. The molecular formula is C14H17F3O2. The number of carbonyl (C=O) groups excluding carboxylic acids is 1. The maximum Gasteiger partial charge on any atom is 0.416 e. The van der Waals surface area contributed by atoms with E-state index in [0.717, 1.165) is 12.1 Å². The normalized spacial score (nSPS) is 15.1. The third-order valence-electron chi connectivity index (χ3n) is 3.36. The zero-order chi connectivity index (χ0) is 14.7. The standard InChI is InChI=1S/C14H17F3O2/c1-4-13(2,19-3)12(18)9-10-5-7-11(8-6-10)14(15,16)17/h5-8H,4,9H2,1-3H3. The van der Waals surface area contributed by atoms with Gasteiger partial charge in [0, 0.05) is 13.5 Å². The lowest BCUT2D eigenvalue weighted by molar-refractivity contribution is -0.138. The topological polar surface area (TPSA) is 26.3 Å². The second-order valence-electron chi connectivity index (χ2n) is 4.58. The van der Waals surface area contributed by atoms with E-state index in [1.54, 1.807) is 6.92 Å². The molecule has 1 rings (SSSR count). The van der Waals surface area contributed by atoms with Gasteiger partial charge in [-0.2, -0.15) is 13.2 Å². The number of ether oxygens (including phenoxy) is 1. The predicted octanol–water partition coefficient (Wildman–Crippen LogP) is 3.63. The smallest absolute Gasteiger partial charge is 0.371 e. The lowest BCUT2D eigenvalue weighted by atomic mass is 9.92. The summed E-state index contributed by atoms with van der Waals surface area (Å²) in [6.07, 6.45) is -3.77. The molecule has 0 aromatic heterocycles. The molecule has 2 nitrogen and oxygen atoms in total. The largest absolute Gasteiger partial charge is 0.416 e. The second-order valence-corrected chi connectivity index (χ2v) is 4.58. The van der Waals surface area contributed by atoms with Gasteiger partial charge in [0.05, 0.1) is 5.56 Å². The molecule has 0 N–H and O–H groups in total. The minimum atomic E-state index is -4.35. The van der Waals surface area contributed by atoms with Crippen LogP contribution in [0.4, 0.5) is 13.2 Å². The molecule has 0 spiro atoms. The van der Waals surface area contributed by atoms with E-state index in [1.165, 1.54) is 19.2 Å². The molecular weight excluding hydrogens is 257 g/mol. The number of methoxy groups -OCH3 is 1. The van der Waals surface area contributed by atoms with E-state index in [-0.39, 0.29) is 12.2 Å². The molecule has 0 saturated heterocycles. The fourth-order valence-electron chi connectivity index (χ4n) is 1.64. The van der Waals surface area contributed by atoms with Gasteiger partial charge in [-0.05, 0) is 31.0 Å². The van der Waals surface area contributed by atoms with Crippen molar-refractivity contribution in [2.24, 2.45) is 0 Å². The van der Waals surface area contributed by atoms with Crippen LogP contribution >= 0.6 is 0 Å². The van der Waals surface area contributed by atoms with Crippen LogP contribution < -0.4 is 0 Å². The van der Waals surface area contributed by atoms with Crippen molar-refractivity contribution in [3.05, 3.63) is 35.4 Å². The molecule has 0 amide bonds. The minimum Gasteiger partial charge on any atom is -0.371 e. The quantitative estimate of drug-likeness (QED) is 0.819. The summed E-state index contributed by atoms with van der Waals surface area (Å²) in [5.74, 6) is -0.141. The fourth-order valence-corrected chi connectivity index (χ4v) is 1.64. The van der Waals surface area contributed by atoms with Crippen LogP contribution in [-0.4, -0.2) is 18.5 Å². The van der Waals surface area contributed by atoms with Crippen LogP contribution in [0.15, 0.2) is 24.3 Å². The summed E-state index contributed by atoms with van der Waals surface area (Å²) >= 11 is 0. The number of benzene rings is 1. The summed E-state index contributed by atoms with van der Waals surface area (Å²) in [7, 11) is 1.45. The summed E-state index contributed by atoms with van der Waals surface area (Å²) in [5, 5.41) is 0. The number of alkyl halides is 3. The third-order valence-corrected chi connectivity index (χ3v) is 3.36. The highest BCUT2D eigenvalue weighted by Crippen LogP contribution is 2.29. The maximum absolute atomic E-state index is 12.4. The van der Waals surface area contributed by atoms with Gasteiger partial charge in [-0.1, -0.05) is 19.1 Å². The Labute approximate surface area is 110 Å². The Morgan fingerprint density at radius 3 is 2.11 bits per heavy atom. The molecule has 1 unspecified atom stereocenters. The molecule has 5 heteroatoms. The van der Waals surface area contributed by atoms with E-state index in [4.69, 9.17) is 4.74 Å². The molecule has 106 valence electrons. The molecule has 0 saturated carbocycles. The summed E-state index contributed by atoms with van der Waals surface area (Å²) in [6.45, 7) is 3.51. The number of ketones is 1. The number of hydrogen-bond acceptors (Lipinski definition) is 2. The Kier molecular flexibility index (Phi) is 4.74. The Balaban J connectivity index is 2.82. The molecule has 1 aromatic rings. The summed E-state index contributed by atoms with van der Waals surface area (Å²) in [4.78, 5) is 12.0. The van der Waals surface area contributed by atoms with Crippen LogP contribution in [0.5, 0.6) is 0 Å². The first kappa shape index (κ1) is 15.7. The number of carbonyl (C=O) groups is 1. The zero-order valence-corrected chi connectivity index (χ0v) is 11.2. The molecule has 0 aliphatic heterocycles. The Morgan fingerprint density at radius 2 is 1.74 bits per heavy atom. The van der Waals surface area contributed by atoms with Gasteiger partial charge in [0.1, 0.15) is 5.60 Å². The summed E-state index contributed by atoms with van der Waals surface area (Å²) in [5.41, 5.74) is -1.05. The molecule has 0 bridgehead atoms. The number of halogens is 3. The van der Waals surface area contributed by atoms with E-state index < -0.39 is 17.3 Å². The van der Waals surface area contributed by atoms with Crippen molar-refractivity contribution in [1.82, 2.24) is 0 Å². The van der Waals surface area contributed by atoms with Crippen LogP contribution in [0.1, 0.15) is 31.4 Å². The van der Waals surface area contributed by atoms with Crippen LogP contribution in [0.3, 0.4) is 0 Å². The summed E-state index contributed by atoms with van der Waals surface area (Å²) < 4.78 is 42.4. The minimum absolute atomic E-state index is 0.0658. The Morgan fingerprint density at radius 1 is 1.21 bits per heavy atom. The van der Waals surface area contributed by atoms with E-state index >= 15 is 0 Å². The molecule has 0 fully saturated rings. The van der Waals surface area contributed by atoms with E-state index in [2.05, 4.69) is 0 Å². The van der Waals surface area contributed by atoms with Crippen LogP contribution in [-0.2, 0) is 22.1 Å². The van der Waals surface area contributed by atoms with Crippen molar-refractivity contribution in [2.75, 3.05) is 7.11 Å². The van der Waals surface area contributed by atoms with E-state index in [9.17, 15) is 18.0 Å². The van der Waals surface area contributed by atoms with E-state index in [0.29, 0.717) is 12.0 Å². The van der Waals surface area contributed by atoms with Crippen molar-refractivity contribution < 1.29 is 22.7 Å². The fraction of sp³-hybridized carbons (Fsp3) is 0.500. The van der Waals surface area contributed by atoms with Crippen LogP contribution in [0.2, 0.25) is 0 Å². The van der Waals surface area contributed by atoms with Crippen molar-refractivity contribution in [1.29, 1.82) is 0 Å². The highest BCUT2D eigenvalue weighted by atomic mass is 19.4. The summed E-state index contributed by atoms with van der Waals surface area (Å²) in [6, 6.07) is 4.62. The SMILES string of the molecule is CCC(C)(OC)C(=O)Cc1ccc(C(F)(F)F)cc1. The molecule has 0 radical (unpaired) electrons. The highest BCUT2D eigenvalue weighted by Gasteiger charge is 2.32. The lowest BCUT2D eigenvalue weighted by Gasteiger charge is -2.24. The number of Topliss-reactive ketones (excluding diaryl/α,β-unsaturated/α-hetero) is 1. The van der Waals surface area contributed by atoms with Crippen molar-refractivity contribution in [2.45, 2.75) is 38.5 Å². The van der Waals surface area contributed by atoms with Gasteiger partial charge in [-0.15, -0.1) is 0 Å². The molecule has 1 aromatic carbocycles. The second kappa shape index (κ2) is 5.74. The monoisotopic (exact) mass is 274 g/mol. The first-order chi connectivity index (χ1) is 8.73. The maximum atomic E-state index is 12.4. The first-order valence-corrected chi connectivity index (χ1v) is 5.97. The van der Waals surface area contributed by atoms with Gasteiger partial charge in [-0.3, -0.25) is 4.79 Å². The number of hydrogen-bond donors (Lipinski definition) is 0. The van der Waals surface area contributed by atoms with Gasteiger partial charge in [0.15, 0.2) is 5.78 Å². The van der Waals surface area contributed by atoms with Crippen LogP contribution in [0, 0.1) is 0 Å². The van der Waals surface area contributed by atoms with Crippen molar-refractivity contribution in [3.63, 3.8) is 0 Å². The first-order valence-electron chi connectivity index (χ1n) is 5.97. The number of rotatable bonds is 5. The average molecular weight is 274 g/mol. The van der Waals surface area contributed by atoms with Gasteiger partial charge in [0.2, 0.25) is 0 Å². The molecule has 19 heavy (non-hydrogen) atoms. The van der Waals surface area contributed by atoms with Gasteiger partial charge < -0.3 is 4.74 Å². The van der Waals surface area contributed by atoms with Crippen molar-refractivity contribution >= 4 is 5.78 Å². The molecule has 1 atom stereocenters. The highest BCUT2D eigenvalue weighted by molar-refractivity contribution is 5.88. The van der Waals surface area contributed by atoms with Gasteiger partial charge >= 0.3 is 6.18 Å². The lowest BCUT2D eigenvalue weighted by Crippen LogP contribution is -2.37. The van der Waals surface area contributed by atoms with Crippen LogP contribution in [0.25, 0.3) is 0 Å². The zero-order valence-electron chi connectivity index (χ0n) is 11.2. The van der Waals surface area contributed by atoms with Gasteiger partial charge in [0.25, 0.3) is 0 Å². The van der Waals surface area contributed by atoms with E-state index in [1.807, 2.05) is 6.92 Å². The molecule has 0 heterocycles. The third kappa shape index (κ3) is 3.80.